The number of benzene rings is 2. The molecule has 4 heteroatoms. The van der Waals surface area contributed by atoms with Crippen molar-refractivity contribution in [3.8, 4) is 0 Å². The first-order chi connectivity index (χ1) is 10.6. The highest BCUT2D eigenvalue weighted by atomic mass is 19.1. The highest BCUT2D eigenvalue weighted by molar-refractivity contribution is 5.82. The predicted octanol–water partition coefficient (Wildman–Crippen LogP) is 4.54. The standard InChI is InChI=1S/C18H18F2N2/c1-3-13-5-7-14(8-6-13)11-21-22-12-15-9-17(19)16(4-2)18(20)10-15/h5-12H,3-4H2,1-2H3/b21-11+,22-12+. The Morgan fingerprint density at radius 2 is 1.36 bits per heavy atom. The molecule has 2 aromatic carbocycles. The Labute approximate surface area is 129 Å². The van der Waals surface area contributed by atoms with Crippen molar-refractivity contribution >= 4 is 12.4 Å². The van der Waals surface area contributed by atoms with E-state index in [0.717, 1.165) is 12.0 Å². The lowest BCUT2D eigenvalue weighted by Gasteiger charge is -2.02. The van der Waals surface area contributed by atoms with Crippen LogP contribution in [0.4, 0.5) is 8.78 Å². The summed E-state index contributed by atoms with van der Waals surface area (Å²) in [4.78, 5) is 0. The summed E-state index contributed by atoms with van der Waals surface area (Å²) >= 11 is 0. The van der Waals surface area contributed by atoms with Gasteiger partial charge in [0.15, 0.2) is 0 Å². The maximum atomic E-state index is 13.6. The maximum Gasteiger partial charge on any atom is 0.129 e. The van der Waals surface area contributed by atoms with Crippen LogP contribution in [0.25, 0.3) is 0 Å². The molecule has 0 unspecified atom stereocenters. The Bertz CT molecular complexity index is 666. The van der Waals surface area contributed by atoms with Crippen molar-refractivity contribution < 1.29 is 8.78 Å². The molecule has 0 N–H and O–H groups in total. The normalized spacial score (nSPS) is 11.6. The molecule has 0 saturated carbocycles. The molecular formula is C18H18F2N2. The summed E-state index contributed by atoms with van der Waals surface area (Å²) < 4.78 is 27.2. The SMILES string of the molecule is CCc1ccc(/C=N/N=C/c2cc(F)c(CC)c(F)c2)cc1. The topological polar surface area (TPSA) is 24.7 Å². The van der Waals surface area contributed by atoms with Crippen LogP contribution in [0, 0.1) is 11.6 Å². The Morgan fingerprint density at radius 1 is 0.818 bits per heavy atom. The summed E-state index contributed by atoms with van der Waals surface area (Å²) in [5, 5.41) is 7.72. The van der Waals surface area contributed by atoms with E-state index in [-0.39, 0.29) is 5.56 Å². The van der Waals surface area contributed by atoms with Crippen LogP contribution >= 0.6 is 0 Å². The van der Waals surface area contributed by atoms with E-state index in [1.807, 2.05) is 24.3 Å². The third kappa shape index (κ3) is 4.07. The molecule has 0 spiro atoms. The summed E-state index contributed by atoms with van der Waals surface area (Å²) in [7, 11) is 0. The highest BCUT2D eigenvalue weighted by Crippen LogP contribution is 2.15. The molecule has 22 heavy (non-hydrogen) atoms. The highest BCUT2D eigenvalue weighted by Gasteiger charge is 2.07. The van der Waals surface area contributed by atoms with E-state index in [1.54, 1.807) is 13.1 Å². The number of hydrogen-bond donors (Lipinski definition) is 0. The van der Waals surface area contributed by atoms with E-state index in [2.05, 4.69) is 17.1 Å². The van der Waals surface area contributed by atoms with Crippen molar-refractivity contribution in [2.75, 3.05) is 0 Å². The molecule has 0 aromatic heterocycles. The molecule has 0 amide bonds. The molecule has 0 radical (unpaired) electrons. The van der Waals surface area contributed by atoms with Crippen LogP contribution in [0.15, 0.2) is 46.6 Å². The van der Waals surface area contributed by atoms with Crippen molar-refractivity contribution in [2.24, 2.45) is 10.2 Å². The first-order valence-corrected chi connectivity index (χ1v) is 7.27. The molecular weight excluding hydrogens is 282 g/mol. The molecule has 0 fully saturated rings. The summed E-state index contributed by atoms with van der Waals surface area (Å²) in [6.45, 7) is 3.80. The largest absolute Gasteiger partial charge is 0.207 e. The Kier molecular flexibility index (Phi) is 5.53. The fourth-order valence-corrected chi connectivity index (χ4v) is 2.07. The minimum atomic E-state index is -0.553. The van der Waals surface area contributed by atoms with Crippen molar-refractivity contribution in [3.63, 3.8) is 0 Å². The van der Waals surface area contributed by atoms with Gasteiger partial charge in [-0.15, -0.1) is 0 Å². The molecule has 114 valence electrons. The van der Waals surface area contributed by atoms with Crippen molar-refractivity contribution in [3.05, 3.63) is 70.3 Å². The Morgan fingerprint density at radius 3 is 1.86 bits per heavy atom. The molecule has 2 aromatic rings. The summed E-state index contributed by atoms with van der Waals surface area (Å²) in [5.41, 5.74) is 2.62. The molecule has 0 aliphatic rings. The second-order valence-electron chi connectivity index (χ2n) is 4.90. The van der Waals surface area contributed by atoms with Crippen LogP contribution in [0.3, 0.4) is 0 Å². The summed E-state index contributed by atoms with van der Waals surface area (Å²) in [6, 6.07) is 10.5. The minimum absolute atomic E-state index is 0.0941. The first kappa shape index (κ1) is 16.0. The number of aryl methyl sites for hydroxylation is 1. The lowest BCUT2D eigenvalue weighted by atomic mass is 10.1. The lowest BCUT2D eigenvalue weighted by Crippen LogP contribution is -1.96. The van der Waals surface area contributed by atoms with Gasteiger partial charge in [-0.05, 0) is 36.1 Å². The third-order valence-corrected chi connectivity index (χ3v) is 3.39. The van der Waals surface area contributed by atoms with Crippen LogP contribution in [-0.4, -0.2) is 12.4 Å². The average Bonchev–Trinajstić information content (AvgIpc) is 2.52. The van der Waals surface area contributed by atoms with E-state index in [1.165, 1.54) is 23.9 Å². The predicted molar refractivity (Wildman–Crippen MR) is 86.7 cm³/mol. The van der Waals surface area contributed by atoms with E-state index in [9.17, 15) is 8.78 Å². The lowest BCUT2D eigenvalue weighted by molar-refractivity contribution is 0.558. The Balaban J connectivity index is 2.07. The number of hydrogen-bond acceptors (Lipinski definition) is 2. The van der Waals surface area contributed by atoms with E-state index < -0.39 is 11.6 Å². The Hall–Kier alpha value is -2.36. The number of halogens is 2. The second kappa shape index (κ2) is 7.59. The van der Waals surface area contributed by atoms with Crippen LogP contribution < -0.4 is 0 Å². The molecule has 0 bridgehead atoms. The van der Waals surface area contributed by atoms with Crippen molar-refractivity contribution in [2.45, 2.75) is 26.7 Å². The van der Waals surface area contributed by atoms with Gasteiger partial charge >= 0.3 is 0 Å². The zero-order chi connectivity index (χ0) is 15.9. The molecule has 0 aliphatic heterocycles. The minimum Gasteiger partial charge on any atom is -0.207 e. The smallest absolute Gasteiger partial charge is 0.129 e. The molecule has 2 nitrogen and oxygen atoms in total. The monoisotopic (exact) mass is 300 g/mol. The third-order valence-electron chi connectivity index (χ3n) is 3.39. The second-order valence-corrected chi connectivity index (χ2v) is 4.90. The maximum absolute atomic E-state index is 13.6. The van der Waals surface area contributed by atoms with Gasteiger partial charge in [0.25, 0.3) is 0 Å². The molecule has 2 rings (SSSR count). The van der Waals surface area contributed by atoms with Crippen LogP contribution in [0.2, 0.25) is 0 Å². The van der Waals surface area contributed by atoms with Gasteiger partial charge in [-0.3, -0.25) is 0 Å². The van der Waals surface area contributed by atoms with Crippen LogP contribution in [0.1, 0.15) is 36.1 Å². The average molecular weight is 300 g/mol. The molecule has 0 atom stereocenters. The van der Waals surface area contributed by atoms with Gasteiger partial charge in [0.05, 0.1) is 12.4 Å². The number of nitrogens with zero attached hydrogens (tertiary/aromatic N) is 2. The van der Waals surface area contributed by atoms with Gasteiger partial charge in [-0.2, -0.15) is 10.2 Å². The molecule has 0 aliphatic carbocycles. The van der Waals surface area contributed by atoms with Gasteiger partial charge < -0.3 is 0 Å². The van der Waals surface area contributed by atoms with E-state index >= 15 is 0 Å². The van der Waals surface area contributed by atoms with Gasteiger partial charge in [0.2, 0.25) is 0 Å². The van der Waals surface area contributed by atoms with Gasteiger partial charge in [0, 0.05) is 11.1 Å². The summed E-state index contributed by atoms with van der Waals surface area (Å²) in [6.07, 6.45) is 4.24. The number of rotatable bonds is 5. The molecule has 0 heterocycles. The van der Waals surface area contributed by atoms with Crippen LogP contribution in [-0.2, 0) is 12.8 Å². The molecule has 0 saturated heterocycles. The zero-order valence-corrected chi connectivity index (χ0v) is 12.7. The quantitative estimate of drug-likeness (QED) is 0.572. The van der Waals surface area contributed by atoms with Gasteiger partial charge in [-0.1, -0.05) is 38.1 Å². The summed E-state index contributed by atoms with van der Waals surface area (Å²) in [5.74, 6) is -1.11. The zero-order valence-electron chi connectivity index (χ0n) is 12.7. The first-order valence-electron chi connectivity index (χ1n) is 7.27. The van der Waals surface area contributed by atoms with Crippen molar-refractivity contribution in [1.29, 1.82) is 0 Å². The van der Waals surface area contributed by atoms with Gasteiger partial charge in [-0.25, -0.2) is 8.78 Å². The van der Waals surface area contributed by atoms with Crippen LogP contribution in [0.5, 0.6) is 0 Å². The van der Waals surface area contributed by atoms with E-state index in [4.69, 9.17) is 0 Å². The fraction of sp³-hybridized carbons (Fsp3) is 0.222. The van der Waals surface area contributed by atoms with Gasteiger partial charge in [0.1, 0.15) is 11.6 Å². The van der Waals surface area contributed by atoms with Crippen molar-refractivity contribution in [1.82, 2.24) is 0 Å². The fourth-order valence-electron chi connectivity index (χ4n) is 2.07. The van der Waals surface area contributed by atoms with E-state index in [0.29, 0.717) is 12.0 Å².